The summed E-state index contributed by atoms with van der Waals surface area (Å²) in [6.45, 7) is 11.5. The monoisotopic (exact) mass is 633 g/mol. The standard InChI is InChI=1S/C33H43N7O6/c1-21-27-8-9-38(15-24(27)4-7-30(21)45-19-31-22(2)34-20-46-31)18-26(42)5-6-29(43)28-14-32(35-25-16-40(17-25)23(3)41)37-33(36-28)39-10-12-44-13-11-39/h4,7,14,20,25-26,42H,5-6,8-13,15-19H2,1-3H3,(H,35,36,37)/t26-/m0/s1. The van der Waals surface area contributed by atoms with Gasteiger partial charge in [0.15, 0.2) is 17.9 Å². The Morgan fingerprint density at radius 2 is 1.96 bits per heavy atom. The summed E-state index contributed by atoms with van der Waals surface area (Å²) in [6, 6.07) is 5.85. The highest BCUT2D eigenvalue weighted by Crippen LogP contribution is 2.30. The number of β-amino-alcohol motifs (C(OH)–C–C–N with tert-alkyl or cyclic N) is 1. The van der Waals surface area contributed by atoms with E-state index < -0.39 is 6.10 Å². The molecule has 2 N–H and O–H groups in total. The third kappa shape index (κ3) is 7.48. The number of nitrogens with one attached hydrogen (secondary N) is 1. The molecule has 3 aliphatic heterocycles. The molecule has 2 saturated heterocycles. The highest BCUT2D eigenvalue weighted by atomic mass is 16.5. The molecule has 1 amide bonds. The second-order valence-electron chi connectivity index (χ2n) is 12.4. The number of carbonyl (C=O) groups excluding carboxylic acids is 2. The number of Topliss-reactive ketones (excluding diaryl/α,β-unsaturated/α-hetero) is 1. The number of morpholine rings is 1. The second kappa shape index (κ2) is 14.1. The van der Waals surface area contributed by atoms with Gasteiger partial charge in [-0.2, -0.15) is 4.98 Å². The van der Waals surface area contributed by atoms with Gasteiger partial charge in [0.1, 0.15) is 23.9 Å². The van der Waals surface area contributed by atoms with E-state index in [1.807, 2.05) is 17.9 Å². The fourth-order valence-corrected chi connectivity index (χ4v) is 6.21. The van der Waals surface area contributed by atoms with E-state index >= 15 is 0 Å². The largest absolute Gasteiger partial charge is 0.485 e. The van der Waals surface area contributed by atoms with E-state index in [-0.39, 0.29) is 24.2 Å². The van der Waals surface area contributed by atoms with Crippen LogP contribution in [0.25, 0.3) is 0 Å². The minimum atomic E-state index is -0.648. The molecular formula is C33H43N7O6. The molecule has 13 nitrogen and oxygen atoms in total. The van der Waals surface area contributed by atoms with E-state index in [1.165, 1.54) is 17.5 Å². The lowest BCUT2D eigenvalue weighted by Gasteiger charge is -2.39. The number of anilines is 2. The lowest BCUT2D eigenvalue weighted by Crippen LogP contribution is -2.56. The summed E-state index contributed by atoms with van der Waals surface area (Å²) < 4.78 is 16.9. The predicted molar refractivity (Wildman–Crippen MR) is 170 cm³/mol. The van der Waals surface area contributed by atoms with Crippen LogP contribution in [-0.4, -0.2) is 106 Å². The Hall–Kier alpha value is -4.07. The molecule has 2 fully saturated rings. The number of ether oxygens (including phenoxy) is 2. The van der Waals surface area contributed by atoms with Crippen molar-refractivity contribution >= 4 is 23.5 Å². The molecule has 0 saturated carbocycles. The van der Waals surface area contributed by atoms with E-state index in [4.69, 9.17) is 13.9 Å². The van der Waals surface area contributed by atoms with Gasteiger partial charge in [0.05, 0.1) is 31.1 Å². The van der Waals surface area contributed by atoms with Gasteiger partial charge in [0.2, 0.25) is 11.9 Å². The third-order valence-corrected chi connectivity index (χ3v) is 9.07. The number of ketones is 1. The van der Waals surface area contributed by atoms with E-state index in [0.717, 1.165) is 42.3 Å². The number of aromatic nitrogens is 3. The van der Waals surface area contributed by atoms with Gasteiger partial charge >= 0.3 is 0 Å². The summed E-state index contributed by atoms with van der Waals surface area (Å²) in [7, 11) is 0. The molecule has 13 heteroatoms. The van der Waals surface area contributed by atoms with Gasteiger partial charge in [-0.3, -0.25) is 14.5 Å². The van der Waals surface area contributed by atoms with Crippen molar-refractivity contribution in [2.75, 3.05) is 62.7 Å². The smallest absolute Gasteiger partial charge is 0.228 e. The lowest BCUT2D eigenvalue weighted by molar-refractivity contribution is -0.132. The molecule has 5 heterocycles. The molecule has 0 aliphatic carbocycles. The lowest BCUT2D eigenvalue weighted by atomic mass is 9.94. The van der Waals surface area contributed by atoms with E-state index in [0.29, 0.717) is 76.4 Å². The number of hydrogen-bond acceptors (Lipinski definition) is 12. The number of oxazole rings is 1. The number of aryl methyl sites for hydroxylation is 1. The number of hydrogen-bond donors (Lipinski definition) is 2. The first kappa shape index (κ1) is 31.9. The number of aliphatic hydroxyl groups excluding tert-OH is 1. The Labute approximate surface area is 268 Å². The molecule has 3 aliphatic rings. The summed E-state index contributed by atoms with van der Waals surface area (Å²) in [5.41, 5.74) is 4.80. The molecule has 0 radical (unpaired) electrons. The Kier molecular flexibility index (Phi) is 9.81. The van der Waals surface area contributed by atoms with E-state index in [1.54, 1.807) is 17.9 Å². The quantitative estimate of drug-likeness (QED) is 0.283. The number of fused-ring (bicyclic) bond motifs is 1. The van der Waals surface area contributed by atoms with Crippen LogP contribution in [0.4, 0.5) is 11.8 Å². The number of benzene rings is 1. The fraction of sp³-hybridized carbons (Fsp3) is 0.545. The summed E-state index contributed by atoms with van der Waals surface area (Å²) >= 11 is 0. The third-order valence-electron chi connectivity index (χ3n) is 9.07. The minimum absolute atomic E-state index is 0.0435. The van der Waals surface area contributed by atoms with Crippen LogP contribution < -0.4 is 15.0 Å². The van der Waals surface area contributed by atoms with Gasteiger partial charge in [0, 0.05) is 65.2 Å². The Bertz CT molecular complexity index is 1550. The summed E-state index contributed by atoms with van der Waals surface area (Å²) in [5.74, 6) is 2.53. The van der Waals surface area contributed by atoms with Crippen molar-refractivity contribution in [1.29, 1.82) is 0 Å². The van der Waals surface area contributed by atoms with E-state index in [2.05, 4.69) is 38.2 Å². The number of carbonyl (C=O) groups is 2. The van der Waals surface area contributed by atoms with Crippen LogP contribution in [0, 0.1) is 13.8 Å². The van der Waals surface area contributed by atoms with Crippen LogP contribution in [0.2, 0.25) is 0 Å². The average molecular weight is 634 g/mol. The van der Waals surface area contributed by atoms with Crippen LogP contribution in [0.1, 0.15) is 58.4 Å². The van der Waals surface area contributed by atoms with Gasteiger partial charge in [-0.25, -0.2) is 9.97 Å². The van der Waals surface area contributed by atoms with Crippen LogP contribution in [0.3, 0.4) is 0 Å². The molecule has 1 aromatic carbocycles. The normalized spacial score (nSPS) is 17.7. The van der Waals surface area contributed by atoms with Crippen LogP contribution >= 0.6 is 0 Å². The van der Waals surface area contributed by atoms with Crippen molar-refractivity contribution in [2.24, 2.45) is 0 Å². The average Bonchev–Trinajstić information content (AvgIpc) is 3.45. The minimum Gasteiger partial charge on any atom is -0.485 e. The fourth-order valence-electron chi connectivity index (χ4n) is 6.21. The van der Waals surface area contributed by atoms with Crippen molar-refractivity contribution < 1.29 is 28.6 Å². The molecule has 0 bridgehead atoms. The highest BCUT2D eigenvalue weighted by molar-refractivity contribution is 5.95. The molecule has 246 valence electrons. The Morgan fingerprint density at radius 3 is 2.70 bits per heavy atom. The van der Waals surface area contributed by atoms with Crippen molar-refractivity contribution in [2.45, 2.75) is 65.3 Å². The molecule has 0 unspecified atom stereocenters. The van der Waals surface area contributed by atoms with E-state index in [9.17, 15) is 14.7 Å². The van der Waals surface area contributed by atoms with Crippen molar-refractivity contribution in [1.82, 2.24) is 24.8 Å². The topological polar surface area (TPSA) is 146 Å². The van der Waals surface area contributed by atoms with Crippen LogP contribution in [-0.2, 0) is 29.1 Å². The molecule has 0 spiro atoms. The Morgan fingerprint density at radius 1 is 1.15 bits per heavy atom. The number of rotatable bonds is 12. The predicted octanol–water partition coefficient (Wildman–Crippen LogP) is 2.52. The zero-order valence-corrected chi connectivity index (χ0v) is 26.8. The molecule has 3 aromatic rings. The van der Waals surface area contributed by atoms with Crippen molar-refractivity contribution in [3.8, 4) is 5.75 Å². The van der Waals surface area contributed by atoms with Crippen LogP contribution in [0.15, 0.2) is 29.0 Å². The van der Waals surface area contributed by atoms with Gasteiger partial charge in [0.25, 0.3) is 0 Å². The van der Waals surface area contributed by atoms with Gasteiger partial charge in [-0.1, -0.05) is 6.07 Å². The maximum atomic E-state index is 13.4. The van der Waals surface area contributed by atoms with Gasteiger partial charge in [-0.15, -0.1) is 0 Å². The SMILES string of the molecule is CC(=O)N1CC(Nc2cc(C(=O)CC[C@H](O)CN3CCc4c(ccc(OCc5ocnc5C)c4C)C3)nc(N3CCOCC3)n2)C1. The van der Waals surface area contributed by atoms with Crippen molar-refractivity contribution in [3.63, 3.8) is 0 Å². The first-order valence-electron chi connectivity index (χ1n) is 16.0. The maximum Gasteiger partial charge on any atom is 0.228 e. The number of amides is 1. The first-order chi connectivity index (χ1) is 22.2. The molecule has 6 rings (SSSR count). The number of nitrogens with zero attached hydrogens (tertiary/aromatic N) is 6. The zero-order valence-electron chi connectivity index (χ0n) is 26.8. The van der Waals surface area contributed by atoms with Crippen LogP contribution in [0.5, 0.6) is 5.75 Å². The summed E-state index contributed by atoms with van der Waals surface area (Å²) in [6.07, 6.45) is 2.16. The van der Waals surface area contributed by atoms with Gasteiger partial charge < -0.3 is 34.1 Å². The highest BCUT2D eigenvalue weighted by Gasteiger charge is 2.29. The number of aliphatic hydroxyl groups is 1. The summed E-state index contributed by atoms with van der Waals surface area (Å²) in [4.78, 5) is 44.4. The maximum absolute atomic E-state index is 13.4. The molecular weight excluding hydrogens is 590 g/mol. The number of likely N-dealkylation sites (tertiary alicyclic amines) is 1. The first-order valence-corrected chi connectivity index (χ1v) is 16.0. The zero-order chi connectivity index (χ0) is 32.2. The molecule has 2 aromatic heterocycles. The van der Waals surface area contributed by atoms with Gasteiger partial charge in [-0.05, 0) is 49.4 Å². The Balaban J connectivity index is 1.03. The molecule has 1 atom stereocenters. The summed E-state index contributed by atoms with van der Waals surface area (Å²) in [5, 5.41) is 14.3. The van der Waals surface area contributed by atoms with Crippen molar-refractivity contribution in [3.05, 3.63) is 58.4 Å². The molecule has 46 heavy (non-hydrogen) atoms. The second-order valence-corrected chi connectivity index (χ2v) is 12.4.